The average Bonchev–Trinajstić information content (AvgIpc) is 3.26. The van der Waals surface area contributed by atoms with Crippen LogP contribution in [0.3, 0.4) is 0 Å². The number of carbonyl (C=O) groups excluding carboxylic acids is 1. The highest BCUT2D eigenvalue weighted by Crippen LogP contribution is 2.26. The van der Waals surface area contributed by atoms with Crippen LogP contribution in [0.5, 0.6) is 5.75 Å². The molecule has 0 unspecified atom stereocenters. The molecule has 2 heterocycles. The number of halogens is 1. The van der Waals surface area contributed by atoms with E-state index < -0.39 is 0 Å². The fraction of sp³-hybridized carbons (Fsp3) is 0.348. The second-order valence-corrected chi connectivity index (χ2v) is 7.98. The maximum atomic E-state index is 12.6. The summed E-state index contributed by atoms with van der Waals surface area (Å²) in [5, 5.41) is 7.69. The predicted octanol–water partition coefficient (Wildman–Crippen LogP) is 3.93. The number of nitrogens with one attached hydrogen (secondary N) is 1. The summed E-state index contributed by atoms with van der Waals surface area (Å²) in [5.41, 5.74) is 1.73. The van der Waals surface area contributed by atoms with Gasteiger partial charge in [-0.15, -0.1) is 0 Å². The third-order valence-corrected chi connectivity index (χ3v) is 5.88. The van der Waals surface area contributed by atoms with Gasteiger partial charge in [0.05, 0.1) is 18.7 Å². The Kier molecular flexibility index (Phi) is 6.84. The lowest BCUT2D eigenvalue weighted by atomic mass is 9.96. The molecule has 0 saturated carbocycles. The highest BCUT2D eigenvalue weighted by Gasteiger charge is 2.26. The summed E-state index contributed by atoms with van der Waals surface area (Å²) in [6.45, 7) is 2.63. The van der Waals surface area contributed by atoms with Crippen LogP contribution in [0.25, 0.3) is 11.4 Å². The standard InChI is InChI=1S/C23H25ClN4O3/c1-30-20-9-5-2-6-17(20)14-25-23(29)16-10-12-28(13-11-16)15-21-26-22(27-31-21)18-7-3-4-8-19(18)24/h2-9,16H,10-15H2,1H3,(H,25,29). The maximum absolute atomic E-state index is 12.6. The first-order chi connectivity index (χ1) is 15.1. The molecule has 1 N–H and O–H groups in total. The zero-order chi connectivity index (χ0) is 21.6. The van der Waals surface area contributed by atoms with E-state index >= 15 is 0 Å². The number of benzene rings is 2. The summed E-state index contributed by atoms with van der Waals surface area (Å²) in [5.74, 6) is 1.92. The number of nitrogens with zero attached hydrogens (tertiary/aromatic N) is 3. The van der Waals surface area contributed by atoms with Gasteiger partial charge in [-0.3, -0.25) is 9.69 Å². The van der Waals surface area contributed by atoms with Crippen molar-refractivity contribution >= 4 is 17.5 Å². The van der Waals surface area contributed by atoms with E-state index in [0.29, 0.717) is 29.8 Å². The number of rotatable bonds is 7. The van der Waals surface area contributed by atoms with Crippen molar-refractivity contribution in [2.75, 3.05) is 20.2 Å². The second-order valence-electron chi connectivity index (χ2n) is 7.57. The predicted molar refractivity (Wildman–Crippen MR) is 118 cm³/mol. The Labute approximate surface area is 186 Å². The number of ether oxygens (including phenoxy) is 1. The molecule has 7 nitrogen and oxygen atoms in total. The van der Waals surface area contributed by atoms with Crippen molar-refractivity contribution in [3.05, 3.63) is 65.0 Å². The van der Waals surface area contributed by atoms with Crippen molar-refractivity contribution in [3.8, 4) is 17.1 Å². The van der Waals surface area contributed by atoms with E-state index in [1.807, 2.05) is 42.5 Å². The van der Waals surface area contributed by atoms with E-state index in [4.69, 9.17) is 20.9 Å². The smallest absolute Gasteiger partial charge is 0.241 e. The summed E-state index contributed by atoms with van der Waals surface area (Å²) in [6.07, 6.45) is 1.59. The molecule has 31 heavy (non-hydrogen) atoms. The summed E-state index contributed by atoms with van der Waals surface area (Å²) in [7, 11) is 1.64. The zero-order valence-electron chi connectivity index (χ0n) is 17.4. The average molecular weight is 441 g/mol. The summed E-state index contributed by atoms with van der Waals surface area (Å²) in [4.78, 5) is 19.3. The lowest BCUT2D eigenvalue weighted by molar-refractivity contribution is -0.126. The number of para-hydroxylation sites is 1. The quantitative estimate of drug-likeness (QED) is 0.599. The van der Waals surface area contributed by atoms with Crippen molar-refractivity contribution in [2.45, 2.75) is 25.9 Å². The minimum atomic E-state index is 0.00679. The molecule has 1 fully saturated rings. The molecular formula is C23H25ClN4O3. The van der Waals surface area contributed by atoms with Crippen LogP contribution >= 0.6 is 11.6 Å². The molecule has 0 bridgehead atoms. The van der Waals surface area contributed by atoms with E-state index in [2.05, 4.69) is 20.4 Å². The molecule has 162 valence electrons. The molecule has 0 spiro atoms. The van der Waals surface area contributed by atoms with Crippen LogP contribution in [0.15, 0.2) is 53.1 Å². The number of hydrogen-bond acceptors (Lipinski definition) is 6. The monoisotopic (exact) mass is 440 g/mol. The van der Waals surface area contributed by atoms with E-state index in [9.17, 15) is 4.79 Å². The van der Waals surface area contributed by atoms with Crippen molar-refractivity contribution in [1.82, 2.24) is 20.4 Å². The van der Waals surface area contributed by atoms with Crippen LogP contribution in [-0.4, -0.2) is 41.1 Å². The van der Waals surface area contributed by atoms with Crippen LogP contribution in [0.4, 0.5) is 0 Å². The molecule has 0 aliphatic carbocycles. The zero-order valence-corrected chi connectivity index (χ0v) is 18.1. The largest absolute Gasteiger partial charge is 0.496 e. The first kappa shape index (κ1) is 21.3. The molecule has 4 rings (SSSR count). The van der Waals surface area contributed by atoms with Gasteiger partial charge in [-0.2, -0.15) is 4.98 Å². The minimum Gasteiger partial charge on any atom is -0.496 e. The van der Waals surface area contributed by atoms with Gasteiger partial charge in [0, 0.05) is 23.6 Å². The summed E-state index contributed by atoms with van der Waals surface area (Å²) in [6, 6.07) is 15.1. The Morgan fingerprint density at radius 3 is 2.71 bits per heavy atom. The highest BCUT2D eigenvalue weighted by atomic mass is 35.5. The molecule has 1 aliphatic heterocycles. The number of amides is 1. The van der Waals surface area contributed by atoms with Gasteiger partial charge in [0.25, 0.3) is 0 Å². The van der Waals surface area contributed by atoms with Crippen molar-refractivity contribution in [3.63, 3.8) is 0 Å². The van der Waals surface area contributed by atoms with E-state index in [-0.39, 0.29) is 11.8 Å². The van der Waals surface area contributed by atoms with Crippen molar-refractivity contribution in [2.24, 2.45) is 5.92 Å². The van der Waals surface area contributed by atoms with Gasteiger partial charge >= 0.3 is 0 Å². The van der Waals surface area contributed by atoms with Crippen LogP contribution in [0.2, 0.25) is 5.02 Å². The minimum absolute atomic E-state index is 0.00679. The fourth-order valence-electron chi connectivity index (χ4n) is 3.79. The van der Waals surface area contributed by atoms with Crippen LogP contribution in [0.1, 0.15) is 24.3 Å². The lowest BCUT2D eigenvalue weighted by Gasteiger charge is -2.30. The first-order valence-corrected chi connectivity index (χ1v) is 10.7. The van der Waals surface area contributed by atoms with Crippen molar-refractivity contribution < 1.29 is 14.1 Å². The van der Waals surface area contributed by atoms with E-state index in [0.717, 1.165) is 42.8 Å². The second kappa shape index (κ2) is 9.94. The number of methoxy groups -OCH3 is 1. The Morgan fingerprint density at radius 2 is 1.94 bits per heavy atom. The van der Waals surface area contributed by atoms with Crippen LogP contribution in [-0.2, 0) is 17.9 Å². The maximum Gasteiger partial charge on any atom is 0.241 e. The molecule has 1 amide bonds. The molecule has 0 atom stereocenters. The van der Waals surface area contributed by atoms with Crippen molar-refractivity contribution in [1.29, 1.82) is 0 Å². The molecule has 1 aliphatic rings. The van der Waals surface area contributed by atoms with Gasteiger partial charge in [0.2, 0.25) is 17.6 Å². The lowest BCUT2D eigenvalue weighted by Crippen LogP contribution is -2.40. The molecular weight excluding hydrogens is 416 g/mol. The Balaban J connectivity index is 1.26. The topological polar surface area (TPSA) is 80.5 Å². The highest BCUT2D eigenvalue weighted by molar-refractivity contribution is 6.33. The Bertz CT molecular complexity index is 1030. The molecule has 1 aromatic heterocycles. The van der Waals surface area contributed by atoms with Gasteiger partial charge in [-0.25, -0.2) is 0 Å². The van der Waals surface area contributed by atoms with Gasteiger partial charge < -0.3 is 14.6 Å². The fourth-order valence-corrected chi connectivity index (χ4v) is 4.01. The molecule has 8 heteroatoms. The van der Waals surface area contributed by atoms with Gasteiger partial charge in [-0.1, -0.05) is 47.1 Å². The first-order valence-electron chi connectivity index (χ1n) is 10.3. The van der Waals surface area contributed by atoms with E-state index in [1.165, 1.54) is 0 Å². The van der Waals surface area contributed by atoms with E-state index in [1.54, 1.807) is 13.2 Å². The molecule has 2 aromatic carbocycles. The summed E-state index contributed by atoms with van der Waals surface area (Å²) >= 11 is 6.21. The normalized spacial score (nSPS) is 15.0. The van der Waals surface area contributed by atoms with Gasteiger partial charge in [0.15, 0.2) is 0 Å². The molecule has 1 saturated heterocycles. The Morgan fingerprint density at radius 1 is 1.19 bits per heavy atom. The number of likely N-dealkylation sites (tertiary alicyclic amines) is 1. The third kappa shape index (κ3) is 5.24. The molecule has 0 radical (unpaired) electrons. The Hall–Kier alpha value is -2.90. The van der Waals surface area contributed by atoms with Gasteiger partial charge in [-0.05, 0) is 44.1 Å². The number of aromatic nitrogens is 2. The molecule has 3 aromatic rings. The van der Waals surface area contributed by atoms with Crippen LogP contribution < -0.4 is 10.1 Å². The number of hydrogen-bond donors (Lipinski definition) is 1. The number of carbonyl (C=O) groups is 1. The SMILES string of the molecule is COc1ccccc1CNC(=O)C1CCN(Cc2nc(-c3ccccc3Cl)no2)CC1. The van der Waals surface area contributed by atoms with Crippen LogP contribution in [0, 0.1) is 5.92 Å². The van der Waals surface area contributed by atoms with Gasteiger partial charge in [0.1, 0.15) is 5.75 Å². The summed E-state index contributed by atoms with van der Waals surface area (Å²) < 4.78 is 10.8. The third-order valence-electron chi connectivity index (χ3n) is 5.55. The number of piperidine rings is 1.